The molecule has 0 aliphatic carbocycles. The second kappa shape index (κ2) is 6.69. The Bertz CT molecular complexity index is 334. The molecule has 0 saturated carbocycles. The predicted octanol–water partition coefficient (Wildman–Crippen LogP) is 3.85. The van der Waals surface area contributed by atoms with Gasteiger partial charge in [0.15, 0.2) is 0 Å². The van der Waals surface area contributed by atoms with Crippen molar-refractivity contribution >= 4 is 20.7 Å². The van der Waals surface area contributed by atoms with Crippen LogP contribution in [0.3, 0.4) is 0 Å². The van der Waals surface area contributed by atoms with Gasteiger partial charge in [-0.15, -0.1) is 0 Å². The van der Waals surface area contributed by atoms with Crippen LogP contribution in [-0.2, 0) is 6.42 Å². The Hall–Kier alpha value is -0.830. The number of halogens is 1. The van der Waals surface area contributed by atoms with Crippen molar-refractivity contribution in [3.63, 3.8) is 0 Å². The van der Waals surface area contributed by atoms with Crippen LogP contribution in [0.4, 0.5) is 4.79 Å². The molecule has 0 spiro atoms. The SMILES string of the molecule is CCC(C)c1ccc(CCNC(=O)Br)cc1. The van der Waals surface area contributed by atoms with Crippen LogP contribution in [0.25, 0.3) is 0 Å². The monoisotopic (exact) mass is 283 g/mol. The molecule has 16 heavy (non-hydrogen) atoms. The molecule has 1 aromatic rings. The van der Waals surface area contributed by atoms with Gasteiger partial charge in [0.05, 0.1) is 0 Å². The maximum Gasteiger partial charge on any atom is 0.287 e. The minimum atomic E-state index is -0.149. The first-order chi connectivity index (χ1) is 7.63. The van der Waals surface area contributed by atoms with E-state index in [0.717, 1.165) is 6.42 Å². The lowest BCUT2D eigenvalue weighted by Gasteiger charge is -2.09. The molecule has 3 heteroatoms. The molecule has 1 atom stereocenters. The molecule has 0 aliphatic rings. The van der Waals surface area contributed by atoms with Crippen LogP contribution >= 0.6 is 15.9 Å². The van der Waals surface area contributed by atoms with E-state index in [2.05, 4.69) is 59.4 Å². The Labute approximate surface area is 106 Å². The number of carbonyl (C=O) groups excluding carboxylic acids is 1. The van der Waals surface area contributed by atoms with Gasteiger partial charge in [-0.05, 0) is 29.9 Å². The fraction of sp³-hybridized carbons (Fsp3) is 0.462. The Morgan fingerprint density at radius 1 is 1.38 bits per heavy atom. The van der Waals surface area contributed by atoms with Crippen molar-refractivity contribution in [3.05, 3.63) is 35.4 Å². The van der Waals surface area contributed by atoms with Gasteiger partial charge in [-0.2, -0.15) is 0 Å². The lowest BCUT2D eigenvalue weighted by molar-refractivity contribution is 0.262. The summed E-state index contributed by atoms with van der Waals surface area (Å²) in [5.41, 5.74) is 2.64. The highest BCUT2D eigenvalue weighted by atomic mass is 79.9. The van der Waals surface area contributed by atoms with Crippen LogP contribution in [0.1, 0.15) is 37.3 Å². The van der Waals surface area contributed by atoms with Crippen molar-refractivity contribution in [1.29, 1.82) is 0 Å². The number of benzene rings is 1. The van der Waals surface area contributed by atoms with Gasteiger partial charge in [-0.3, -0.25) is 4.79 Å². The Morgan fingerprint density at radius 3 is 2.50 bits per heavy atom. The molecule has 0 aromatic heterocycles. The summed E-state index contributed by atoms with van der Waals surface area (Å²) in [6.45, 7) is 5.11. The zero-order valence-electron chi connectivity index (χ0n) is 9.79. The van der Waals surface area contributed by atoms with Gasteiger partial charge in [-0.1, -0.05) is 38.1 Å². The molecule has 88 valence electrons. The van der Waals surface area contributed by atoms with Gasteiger partial charge in [-0.25, -0.2) is 0 Å². The van der Waals surface area contributed by atoms with E-state index in [1.807, 2.05) is 0 Å². The first-order valence-electron chi connectivity index (χ1n) is 5.65. The second-order valence-corrected chi connectivity index (χ2v) is 4.72. The molecule has 0 radical (unpaired) electrons. The van der Waals surface area contributed by atoms with Gasteiger partial charge in [0.25, 0.3) is 4.82 Å². The number of carbonyl (C=O) groups is 1. The normalized spacial score (nSPS) is 12.2. The summed E-state index contributed by atoms with van der Waals surface area (Å²) in [7, 11) is 0. The molecular weight excluding hydrogens is 266 g/mol. The Kier molecular flexibility index (Phi) is 5.53. The molecule has 0 fully saturated rings. The van der Waals surface area contributed by atoms with E-state index in [0.29, 0.717) is 12.5 Å². The quantitative estimate of drug-likeness (QED) is 0.646. The minimum absolute atomic E-state index is 0.149. The summed E-state index contributed by atoms with van der Waals surface area (Å²) in [6, 6.07) is 8.64. The van der Waals surface area contributed by atoms with Crippen LogP contribution in [0.15, 0.2) is 24.3 Å². The average molecular weight is 284 g/mol. The molecule has 0 bridgehead atoms. The van der Waals surface area contributed by atoms with Gasteiger partial charge >= 0.3 is 0 Å². The number of amides is 1. The maximum atomic E-state index is 10.6. The zero-order chi connectivity index (χ0) is 12.0. The summed E-state index contributed by atoms with van der Waals surface area (Å²) < 4.78 is 0. The fourth-order valence-corrected chi connectivity index (χ4v) is 1.75. The number of nitrogens with one attached hydrogen (secondary N) is 1. The fourth-order valence-electron chi connectivity index (χ4n) is 1.55. The van der Waals surface area contributed by atoms with Crippen LogP contribution in [0.2, 0.25) is 0 Å². The van der Waals surface area contributed by atoms with E-state index in [1.165, 1.54) is 17.5 Å². The summed E-state index contributed by atoms with van der Waals surface area (Å²) in [4.78, 5) is 10.5. The lowest BCUT2D eigenvalue weighted by atomic mass is 9.97. The average Bonchev–Trinajstić information content (AvgIpc) is 2.28. The van der Waals surface area contributed by atoms with E-state index >= 15 is 0 Å². The van der Waals surface area contributed by atoms with Gasteiger partial charge in [0.1, 0.15) is 0 Å². The summed E-state index contributed by atoms with van der Waals surface area (Å²) >= 11 is 2.84. The molecule has 1 rings (SSSR count). The van der Waals surface area contributed by atoms with Crippen molar-refractivity contribution in [1.82, 2.24) is 5.32 Å². The predicted molar refractivity (Wildman–Crippen MR) is 71.2 cm³/mol. The third kappa shape index (κ3) is 4.35. The molecule has 1 N–H and O–H groups in total. The minimum Gasteiger partial charge on any atom is -0.346 e. The topological polar surface area (TPSA) is 29.1 Å². The molecule has 1 amide bonds. The first kappa shape index (κ1) is 13.2. The van der Waals surface area contributed by atoms with Gasteiger partial charge in [0.2, 0.25) is 0 Å². The Morgan fingerprint density at radius 2 is 2.00 bits per heavy atom. The maximum absolute atomic E-state index is 10.6. The highest BCUT2D eigenvalue weighted by molar-refractivity contribution is 9.18. The third-order valence-electron chi connectivity index (χ3n) is 2.84. The molecule has 2 nitrogen and oxygen atoms in total. The standard InChI is InChI=1S/C13H18BrNO/c1-3-10(2)12-6-4-11(5-7-12)8-9-15-13(14)16/h4-7,10H,3,8-9H2,1-2H3,(H,15,16). The molecule has 1 aromatic carbocycles. The van der Waals surface area contributed by atoms with E-state index in [4.69, 9.17) is 0 Å². The molecule has 0 aliphatic heterocycles. The molecule has 0 saturated heterocycles. The van der Waals surface area contributed by atoms with Crippen molar-refractivity contribution in [2.45, 2.75) is 32.6 Å². The smallest absolute Gasteiger partial charge is 0.287 e. The van der Waals surface area contributed by atoms with Gasteiger partial charge in [0, 0.05) is 22.5 Å². The van der Waals surface area contributed by atoms with Crippen molar-refractivity contribution in [3.8, 4) is 0 Å². The third-order valence-corrected chi connectivity index (χ3v) is 3.12. The van der Waals surface area contributed by atoms with E-state index in [-0.39, 0.29) is 4.82 Å². The van der Waals surface area contributed by atoms with Crippen molar-refractivity contribution in [2.75, 3.05) is 6.54 Å². The van der Waals surface area contributed by atoms with E-state index in [1.54, 1.807) is 0 Å². The van der Waals surface area contributed by atoms with Crippen LogP contribution < -0.4 is 5.32 Å². The van der Waals surface area contributed by atoms with E-state index in [9.17, 15) is 4.79 Å². The zero-order valence-corrected chi connectivity index (χ0v) is 11.4. The number of hydrogen-bond acceptors (Lipinski definition) is 1. The van der Waals surface area contributed by atoms with Crippen molar-refractivity contribution < 1.29 is 4.79 Å². The van der Waals surface area contributed by atoms with Crippen LogP contribution in [0, 0.1) is 0 Å². The molecule has 0 heterocycles. The van der Waals surface area contributed by atoms with E-state index < -0.39 is 0 Å². The van der Waals surface area contributed by atoms with Crippen molar-refractivity contribution in [2.24, 2.45) is 0 Å². The van der Waals surface area contributed by atoms with Crippen LogP contribution in [-0.4, -0.2) is 11.4 Å². The summed E-state index contributed by atoms with van der Waals surface area (Å²) in [6.07, 6.45) is 2.04. The summed E-state index contributed by atoms with van der Waals surface area (Å²) in [5.74, 6) is 0.622. The van der Waals surface area contributed by atoms with Crippen LogP contribution in [0.5, 0.6) is 0 Å². The lowest BCUT2D eigenvalue weighted by Crippen LogP contribution is -2.18. The molecular formula is C13H18BrNO. The summed E-state index contributed by atoms with van der Waals surface area (Å²) in [5, 5.41) is 2.72. The number of rotatable bonds is 5. The highest BCUT2D eigenvalue weighted by Crippen LogP contribution is 2.18. The highest BCUT2D eigenvalue weighted by Gasteiger charge is 2.02. The second-order valence-electron chi connectivity index (χ2n) is 4.00. The molecule has 1 unspecified atom stereocenters. The number of hydrogen-bond donors (Lipinski definition) is 1. The largest absolute Gasteiger partial charge is 0.346 e. The Balaban J connectivity index is 2.48. The van der Waals surface area contributed by atoms with Gasteiger partial charge < -0.3 is 5.32 Å². The first-order valence-corrected chi connectivity index (χ1v) is 6.45.